The van der Waals surface area contributed by atoms with E-state index in [9.17, 15) is 4.39 Å². The maximum atomic E-state index is 13.2. The molecule has 0 unspecified atom stereocenters. The third-order valence-electron chi connectivity index (χ3n) is 2.24. The first-order chi connectivity index (χ1) is 7.70. The molecule has 84 valence electrons. The Morgan fingerprint density at radius 1 is 1.38 bits per heavy atom. The fourth-order valence-electron chi connectivity index (χ4n) is 1.58. The Morgan fingerprint density at radius 3 is 2.94 bits per heavy atom. The minimum atomic E-state index is -0.229. The van der Waals surface area contributed by atoms with E-state index in [1.54, 1.807) is 17.8 Å². The fraction of sp³-hybridized carbons (Fsp3) is 0.250. The Hall–Kier alpha value is -1.13. The van der Waals surface area contributed by atoms with E-state index in [1.807, 2.05) is 13.0 Å². The molecule has 0 aliphatic rings. The summed E-state index contributed by atoms with van der Waals surface area (Å²) in [6.07, 6.45) is 0. The molecule has 0 aliphatic carbocycles. The lowest BCUT2D eigenvalue weighted by Crippen LogP contribution is -2.01. The first kappa shape index (κ1) is 11.4. The SMILES string of the molecule is Cc1cc(SCCN)c2cc(F)ccc2n1. The van der Waals surface area contributed by atoms with Gasteiger partial charge in [0.2, 0.25) is 0 Å². The van der Waals surface area contributed by atoms with Crippen molar-refractivity contribution in [2.75, 3.05) is 12.3 Å². The molecule has 0 spiro atoms. The Bertz CT molecular complexity index is 514. The number of hydrogen-bond acceptors (Lipinski definition) is 3. The van der Waals surface area contributed by atoms with Crippen LogP contribution in [0.3, 0.4) is 0 Å². The second-order valence-electron chi connectivity index (χ2n) is 3.56. The maximum absolute atomic E-state index is 13.2. The van der Waals surface area contributed by atoms with E-state index in [4.69, 9.17) is 5.73 Å². The molecule has 0 fully saturated rings. The molecule has 0 saturated carbocycles. The van der Waals surface area contributed by atoms with Crippen LogP contribution >= 0.6 is 11.8 Å². The molecule has 0 radical (unpaired) electrons. The quantitative estimate of drug-likeness (QED) is 0.833. The summed E-state index contributed by atoms with van der Waals surface area (Å²) in [6, 6.07) is 6.65. The molecule has 16 heavy (non-hydrogen) atoms. The third kappa shape index (κ3) is 2.33. The van der Waals surface area contributed by atoms with Gasteiger partial charge in [-0.2, -0.15) is 0 Å². The van der Waals surface area contributed by atoms with Gasteiger partial charge >= 0.3 is 0 Å². The van der Waals surface area contributed by atoms with Gasteiger partial charge in [-0.15, -0.1) is 11.8 Å². The number of rotatable bonds is 3. The summed E-state index contributed by atoms with van der Waals surface area (Å²) < 4.78 is 13.2. The summed E-state index contributed by atoms with van der Waals surface area (Å²) in [5.41, 5.74) is 7.26. The van der Waals surface area contributed by atoms with Gasteiger partial charge < -0.3 is 5.73 Å². The summed E-state index contributed by atoms with van der Waals surface area (Å²) in [7, 11) is 0. The second kappa shape index (κ2) is 4.80. The first-order valence-corrected chi connectivity index (χ1v) is 6.09. The van der Waals surface area contributed by atoms with Gasteiger partial charge in [0.15, 0.2) is 0 Å². The number of nitrogens with two attached hydrogens (primary N) is 1. The molecule has 2 aromatic rings. The lowest BCUT2D eigenvalue weighted by Gasteiger charge is -2.06. The zero-order valence-corrected chi connectivity index (χ0v) is 9.85. The van der Waals surface area contributed by atoms with Crippen molar-refractivity contribution in [1.29, 1.82) is 0 Å². The van der Waals surface area contributed by atoms with Crippen molar-refractivity contribution in [3.05, 3.63) is 35.8 Å². The second-order valence-corrected chi connectivity index (χ2v) is 4.70. The molecule has 2 rings (SSSR count). The van der Waals surface area contributed by atoms with Gasteiger partial charge in [-0.05, 0) is 31.2 Å². The summed E-state index contributed by atoms with van der Waals surface area (Å²) >= 11 is 1.64. The van der Waals surface area contributed by atoms with Crippen LogP contribution in [-0.2, 0) is 0 Å². The molecule has 0 bridgehead atoms. The molecule has 4 heteroatoms. The lowest BCUT2D eigenvalue weighted by molar-refractivity contribution is 0.629. The molecule has 0 amide bonds. The summed E-state index contributed by atoms with van der Waals surface area (Å²) in [5, 5.41) is 0.865. The fourth-order valence-corrected chi connectivity index (χ4v) is 2.49. The van der Waals surface area contributed by atoms with E-state index in [-0.39, 0.29) is 5.82 Å². The van der Waals surface area contributed by atoms with Gasteiger partial charge in [-0.1, -0.05) is 0 Å². The number of benzene rings is 1. The predicted molar refractivity (Wildman–Crippen MR) is 66.2 cm³/mol. The number of aryl methyl sites for hydroxylation is 1. The van der Waals surface area contributed by atoms with Crippen LogP contribution in [0.1, 0.15) is 5.69 Å². The number of aromatic nitrogens is 1. The standard InChI is InChI=1S/C12H13FN2S/c1-8-6-12(16-5-4-14)10-7-9(13)2-3-11(10)15-8/h2-3,6-7H,4-5,14H2,1H3. The molecule has 1 aromatic carbocycles. The number of halogens is 1. The van der Waals surface area contributed by atoms with Crippen LogP contribution in [0.15, 0.2) is 29.2 Å². The first-order valence-electron chi connectivity index (χ1n) is 5.10. The van der Waals surface area contributed by atoms with Crippen LogP contribution in [0.4, 0.5) is 4.39 Å². The zero-order chi connectivity index (χ0) is 11.5. The van der Waals surface area contributed by atoms with Gasteiger partial charge in [0, 0.05) is 28.3 Å². The number of thioether (sulfide) groups is 1. The van der Waals surface area contributed by atoms with E-state index in [1.165, 1.54) is 12.1 Å². The van der Waals surface area contributed by atoms with Crippen LogP contribution in [0.5, 0.6) is 0 Å². The van der Waals surface area contributed by atoms with Crippen molar-refractivity contribution in [3.8, 4) is 0 Å². The van der Waals surface area contributed by atoms with Crippen LogP contribution in [0, 0.1) is 12.7 Å². The van der Waals surface area contributed by atoms with Crippen molar-refractivity contribution < 1.29 is 4.39 Å². The van der Waals surface area contributed by atoms with Crippen LogP contribution < -0.4 is 5.73 Å². The van der Waals surface area contributed by atoms with E-state index >= 15 is 0 Å². The summed E-state index contributed by atoms with van der Waals surface area (Å²) in [5.74, 6) is 0.600. The van der Waals surface area contributed by atoms with E-state index < -0.39 is 0 Å². The number of hydrogen-bond donors (Lipinski definition) is 1. The Kier molecular flexibility index (Phi) is 3.41. The molecular weight excluding hydrogens is 223 g/mol. The van der Waals surface area contributed by atoms with Gasteiger partial charge in [0.05, 0.1) is 5.52 Å². The highest BCUT2D eigenvalue weighted by Gasteiger charge is 2.05. The largest absolute Gasteiger partial charge is 0.330 e. The highest BCUT2D eigenvalue weighted by Crippen LogP contribution is 2.28. The number of nitrogens with zero attached hydrogens (tertiary/aromatic N) is 1. The van der Waals surface area contributed by atoms with Crippen molar-refractivity contribution in [1.82, 2.24) is 4.98 Å². The Morgan fingerprint density at radius 2 is 2.19 bits per heavy atom. The topological polar surface area (TPSA) is 38.9 Å². The molecule has 0 atom stereocenters. The number of fused-ring (bicyclic) bond motifs is 1. The highest BCUT2D eigenvalue weighted by atomic mass is 32.2. The zero-order valence-electron chi connectivity index (χ0n) is 9.03. The smallest absolute Gasteiger partial charge is 0.124 e. The van der Waals surface area contributed by atoms with Gasteiger partial charge in [-0.3, -0.25) is 4.98 Å². The normalized spacial score (nSPS) is 10.9. The molecule has 1 aromatic heterocycles. The van der Waals surface area contributed by atoms with Crippen LogP contribution in [0.2, 0.25) is 0 Å². The predicted octanol–water partition coefficient (Wildman–Crippen LogP) is 2.73. The van der Waals surface area contributed by atoms with E-state index in [0.717, 1.165) is 27.2 Å². The van der Waals surface area contributed by atoms with Gasteiger partial charge in [0.25, 0.3) is 0 Å². The minimum Gasteiger partial charge on any atom is -0.330 e. The molecule has 0 aliphatic heterocycles. The van der Waals surface area contributed by atoms with Crippen molar-refractivity contribution in [2.24, 2.45) is 5.73 Å². The summed E-state index contributed by atoms with van der Waals surface area (Å²) in [6.45, 7) is 2.55. The van der Waals surface area contributed by atoms with Gasteiger partial charge in [0.1, 0.15) is 5.82 Å². The van der Waals surface area contributed by atoms with Crippen LogP contribution in [-0.4, -0.2) is 17.3 Å². The maximum Gasteiger partial charge on any atom is 0.124 e. The minimum absolute atomic E-state index is 0.229. The summed E-state index contributed by atoms with van der Waals surface area (Å²) in [4.78, 5) is 5.42. The van der Waals surface area contributed by atoms with E-state index in [0.29, 0.717) is 6.54 Å². The Labute approximate surface area is 98.1 Å². The third-order valence-corrected chi connectivity index (χ3v) is 3.32. The lowest BCUT2D eigenvalue weighted by atomic mass is 10.2. The molecular formula is C12H13FN2S. The monoisotopic (exact) mass is 236 g/mol. The molecule has 2 nitrogen and oxygen atoms in total. The molecule has 0 saturated heterocycles. The van der Waals surface area contributed by atoms with E-state index in [2.05, 4.69) is 4.98 Å². The van der Waals surface area contributed by atoms with Crippen molar-refractivity contribution in [3.63, 3.8) is 0 Å². The Balaban J connectivity index is 2.55. The van der Waals surface area contributed by atoms with Gasteiger partial charge in [-0.25, -0.2) is 4.39 Å². The van der Waals surface area contributed by atoms with Crippen LogP contribution in [0.25, 0.3) is 10.9 Å². The average Bonchev–Trinajstić information content (AvgIpc) is 2.26. The molecule has 2 N–H and O–H groups in total. The molecule has 1 heterocycles. The van der Waals surface area contributed by atoms with Crippen molar-refractivity contribution in [2.45, 2.75) is 11.8 Å². The average molecular weight is 236 g/mol. The highest BCUT2D eigenvalue weighted by molar-refractivity contribution is 7.99. The number of pyridine rings is 1. The van der Waals surface area contributed by atoms with Crippen molar-refractivity contribution >= 4 is 22.7 Å².